The molecule has 140 valence electrons. The van der Waals surface area contributed by atoms with Crippen molar-refractivity contribution >= 4 is 39.2 Å². The Labute approximate surface area is 155 Å². The summed E-state index contributed by atoms with van der Waals surface area (Å²) in [7, 11) is -2.33. The fourth-order valence-corrected chi connectivity index (χ4v) is 3.02. The first-order chi connectivity index (χ1) is 12.2. The van der Waals surface area contributed by atoms with Crippen molar-refractivity contribution in [2.45, 2.75) is 17.9 Å². The van der Waals surface area contributed by atoms with Crippen LogP contribution < -0.4 is 10.0 Å². The topological polar surface area (TPSA) is 119 Å². The van der Waals surface area contributed by atoms with E-state index in [-0.39, 0.29) is 4.90 Å². The van der Waals surface area contributed by atoms with Gasteiger partial charge in [-0.05, 0) is 25.1 Å². The van der Waals surface area contributed by atoms with Gasteiger partial charge in [0, 0.05) is 24.0 Å². The molecule has 1 unspecified atom stereocenters. The number of aromatic nitrogens is 2. The Morgan fingerprint density at radius 1 is 1.38 bits per heavy atom. The van der Waals surface area contributed by atoms with Crippen LogP contribution >= 0.6 is 11.6 Å². The van der Waals surface area contributed by atoms with E-state index in [9.17, 15) is 18.0 Å². The minimum absolute atomic E-state index is 0.0838. The summed E-state index contributed by atoms with van der Waals surface area (Å²) in [4.78, 5) is 23.7. The van der Waals surface area contributed by atoms with E-state index >= 15 is 0 Å². The molecule has 9 nitrogen and oxygen atoms in total. The lowest BCUT2D eigenvalue weighted by Crippen LogP contribution is -2.35. The number of carbonyl (C=O) groups excluding carboxylic acids is 2. The number of nitrogens with one attached hydrogen (secondary N) is 2. The molecule has 0 aliphatic heterocycles. The maximum Gasteiger partial charge on any atom is 0.321 e. The molecule has 11 heteroatoms. The van der Waals surface area contributed by atoms with Gasteiger partial charge in [0.15, 0.2) is 6.10 Å². The molecule has 1 aromatic heterocycles. The van der Waals surface area contributed by atoms with Crippen molar-refractivity contribution in [3.05, 3.63) is 41.7 Å². The highest BCUT2D eigenvalue weighted by atomic mass is 35.5. The quantitative estimate of drug-likeness (QED) is 0.667. The van der Waals surface area contributed by atoms with Crippen molar-refractivity contribution in [2.75, 3.05) is 11.9 Å². The molecule has 1 atom stereocenters. The minimum atomic E-state index is -3.89. The van der Waals surface area contributed by atoms with E-state index in [0.29, 0.717) is 10.7 Å². The maximum absolute atomic E-state index is 12.0. The number of hydrogen-bond donors (Lipinski definition) is 2. The number of halogens is 1. The molecule has 0 saturated heterocycles. The molecule has 2 rings (SSSR count). The van der Waals surface area contributed by atoms with E-state index in [0.717, 1.165) is 6.20 Å². The Morgan fingerprint density at radius 3 is 2.73 bits per heavy atom. The molecule has 0 saturated carbocycles. The van der Waals surface area contributed by atoms with Gasteiger partial charge in [-0.3, -0.25) is 14.3 Å². The molecule has 0 fully saturated rings. The number of rotatable bonds is 7. The van der Waals surface area contributed by atoms with E-state index in [1.165, 1.54) is 23.9 Å². The Balaban J connectivity index is 1.85. The van der Waals surface area contributed by atoms with Gasteiger partial charge < -0.3 is 10.1 Å². The summed E-state index contributed by atoms with van der Waals surface area (Å²) in [5.74, 6) is -1.47. The van der Waals surface area contributed by atoms with Crippen molar-refractivity contribution in [2.24, 2.45) is 7.05 Å². The van der Waals surface area contributed by atoms with Gasteiger partial charge in [-0.15, -0.1) is 0 Å². The van der Waals surface area contributed by atoms with Crippen LogP contribution in [0.5, 0.6) is 0 Å². The SMILES string of the molecule is CC(OC(=O)CNS(=O)(=O)c1cnn(C)c1)C(=O)Nc1cccc(Cl)c1. The van der Waals surface area contributed by atoms with E-state index in [2.05, 4.69) is 15.1 Å². The third-order valence-electron chi connectivity index (χ3n) is 3.17. The monoisotopic (exact) mass is 400 g/mol. The molecule has 0 radical (unpaired) electrons. The minimum Gasteiger partial charge on any atom is -0.452 e. The highest BCUT2D eigenvalue weighted by Gasteiger charge is 2.21. The molecule has 0 aliphatic carbocycles. The first-order valence-corrected chi connectivity index (χ1v) is 9.28. The van der Waals surface area contributed by atoms with Crippen LogP contribution in [0.4, 0.5) is 5.69 Å². The van der Waals surface area contributed by atoms with Gasteiger partial charge in [0.25, 0.3) is 5.91 Å². The molecule has 2 aromatic rings. The number of benzene rings is 1. The van der Waals surface area contributed by atoms with Crippen molar-refractivity contribution in [1.82, 2.24) is 14.5 Å². The third kappa shape index (κ3) is 5.55. The number of aryl methyl sites for hydroxylation is 1. The van der Waals surface area contributed by atoms with Gasteiger partial charge in [-0.2, -0.15) is 9.82 Å². The summed E-state index contributed by atoms with van der Waals surface area (Å²) < 4.78 is 32.3. The standard InChI is InChI=1S/C15H17ClN4O5S/c1-10(15(22)19-12-5-3-4-11(16)6-12)25-14(21)8-18-26(23,24)13-7-17-20(2)9-13/h3-7,9-10,18H,8H2,1-2H3,(H,19,22). The molecule has 0 aliphatic rings. The van der Waals surface area contributed by atoms with E-state index < -0.39 is 34.5 Å². The van der Waals surface area contributed by atoms with E-state index in [1.807, 2.05) is 0 Å². The molecule has 26 heavy (non-hydrogen) atoms. The molecule has 0 bridgehead atoms. The number of carbonyl (C=O) groups is 2. The Morgan fingerprint density at radius 2 is 2.12 bits per heavy atom. The van der Waals surface area contributed by atoms with Crippen molar-refractivity contribution in [3.8, 4) is 0 Å². The summed E-state index contributed by atoms with van der Waals surface area (Å²) in [6, 6.07) is 6.47. The Hall–Kier alpha value is -2.43. The fraction of sp³-hybridized carbons (Fsp3) is 0.267. The molecule has 1 heterocycles. The van der Waals surface area contributed by atoms with Crippen LogP contribution in [0.3, 0.4) is 0 Å². The van der Waals surface area contributed by atoms with Gasteiger partial charge in [0.2, 0.25) is 10.0 Å². The average molecular weight is 401 g/mol. The first kappa shape index (κ1) is 19.9. The van der Waals surface area contributed by atoms with Crippen molar-refractivity contribution in [3.63, 3.8) is 0 Å². The molecule has 1 amide bonds. The number of amides is 1. The third-order valence-corrected chi connectivity index (χ3v) is 4.76. The summed E-state index contributed by atoms with van der Waals surface area (Å²) in [5, 5.41) is 6.73. The van der Waals surface area contributed by atoms with Crippen LogP contribution in [0.1, 0.15) is 6.92 Å². The fourth-order valence-electron chi connectivity index (χ4n) is 1.88. The Bertz CT molecular complexity index is 912. The summed E-state index contributed by atoms with van der Waals surface area (Å²) in [6.45, 7) is 0.749. The number of nitrogens with zero attached hydrogens (tertiary/aromatic N) is 2. The largest absolute Gasteiger partial charge is 0.452 e. The zero-order chi connectivity index (χ0) is 19.3. The number of ether oxygens (including phenoxy) is 1. The van der Waals surface area contributed by atoms with Crippen LogP contribution in [-0.2, 0) is 31.4 Å². The molecular formula is C15H17ClN4O5S. The number of anilines is 1. The number of esters is 1. The smallest absolute Gasteiger partial charge is 0.321 e. The van der Waals surface area contributed by atoms with Crippen LogP contribution in [0.25, 0.3) is 0 Å². The molecule has 0 spiro atoms. The van der Waals surface area contributed by atoms with Crippen molar-refractivity contribution in [1.29, 1.82) is 0 Å². The first-order valence-electron chi connectivity index (χ1n) is 7.41. The second-order valence-electron chi connectivity index (χ2n) is 5.31. The summed E-state index contributed by atoms with van der Waals surface area (Å²) >= 11 is 5.82. The molecular weight excluding hydrogens is 384 g/mol. The highest BCUT2D eigenvalue weighted by Crippen LogP contribution is 2.15. The lowest BCUT2D eigenvalue weighted by Gasteiger charge is -2.14. The second-order valence-corrected chi connectivity index (χ2v) is 7.51. The number of sulfonamides is 1. The maximum atomic E-state index is 12.0. The van der Waals surface area contributed by atoms with Crippen LogP contribution in [0, 0.1) is 0 Å². The summed E-state index contributed by atoms with van der Waals surface area (Å²) in [6.07, 6.45) is 1.31. The van der Waals surface area contributed by atoms with Gasteiger partial charge in [0.1, 0.15) is 11.4 Å². The lowest BCUT2D eigenvalue weighted by molar-refractivity contribution is -0.151. The van der Waals surface area contributed by atoms with Crippen LogP contribution in [0.15, 0.2) is 41.6 Å². The Kier molecular flexibility index (Phi) is 6.35. The van der Waals surface area contributed by atoms with E-state index in [4.69, 9.17) is 16.3 Å². The van der Waals surface area contributed by atoms with Gasteiger partial charge >= 0.3 is 5.97 Å². The van der Waals surface area contributed by atoms with Gasteiger partial charge in [-0.1, -0.05) is 17.7 Å². The van der Waals surface area contributed by atoms with Gasteiger partial charge in [0.05, 0.1) is 6.20 Å². The second kappa shape index (κ2) is 8.30. The van der Waals surface area contributed by atoms with E-state index in [1.54, 1.807) is 25.2 Å². The molecule has 2 N–H and O–H groups in total. The van der Waals surface area contributed by atoms with Crippen molar-refractivity contribution < 1.29 is 22.7 Å². The zero-order valence-corrected chi connectivity index (χ0v) is 15.5. The van der Waals surface area contributed by atoms with Gasteiger partial charge in [-0.25, -0.2) is 8.42 Å². The highest BCUT2D eigenvalue weighted by molar-refractivity contribution is 7.89. The average Bonchev–Trinajstić information content (AvgIpc) is 3.00. The predicted molar refractivity (Wildman–Crippen MR) is 94.0 cm³/mol. The predicted octanol–water partition coefficient (Wildman–Crippen LogP) is 0.922. The summed E-state index contributed by atoms with van der Waals surface area (Å²) in [5.41, 5.74) is 0.447. The number of hydrogen-bond acceptors (Lipinski definition) is 6. The zero-order valence-electron chi connectivity index (χ0n) is 14.0. The molecule has 1 aromatic carbocycles. The van der Waals surface area contributed by atoms with Crippen LogP contribution in [0.2, 0.25) is 5.02 Å². The van der Waals surface area contributed by atoms with Crippen LogP contribution in [-0.4, -0.2) is 42.7 Å². The lowest BCUT2D eigenvalue weighted by atomic mass is 10.3. The normalized spacial score (nSPS) is 12.4.